The molecule has 3 rings (SSSR count). The number of sulfonamides is 1. The minimum absolute atomic E-state index is 0.0920. The van der Waals surface area contributed by atoms with Crippen molar-refractivity contribution in [2.24, 2.45) is 7.05 Å². The van der Waals surface area contributed by atoms with Crippen molar-refractivity contribution in [3.05, 3.63) is 47.4 Å². The first-order chi connectivity index (χ1) is 11.5. The lowest BCUT2D eigenvalue weighted by Crippen LogP contribution is -2.33. The summed E-state index contributed by atoms with van der Waals surface area (Å²) in [5.74, 6) is 0.683. The first kappa shape index (κ1) is 17.1. The Labute approximate surface area is 143 Å². The van der Waals surface area contributed by atoms with Crippen LogP contribution in [0.2, 0.25) is 0 Å². The Balaban J connectivity index is 1.47. The molecule has 2 aromatic rings. The Morgan fingerprint density at radius 1 is 1.25 bits per heavy atom. The Bertz CT molecular complexity index is 794. The first-order valence-electron chi connectivity index (χ1n) is 8.24. The number of rotatable bonds is 6. The largest absolute Gasteiger partial charge is 0.337 e. The molecular formula is C17H24N4O2S. The van der Waals surface area contributed by atoms with E-state index in [1.54, 1.807) is 24.7 Å². The summed E-state index contributed by atoms with van der Waals surface area (Å²) in [7, 11) is -1.73. The molecule has 0 fully saturated rings. The molecule has 0 radical (unpaired) electrons. The van der Waals surface area contributed by atoms with E-state index in [0.717, 1.165) is 32.5 Å². The van der Waals surface area contributed by atoms with E-state index in [2.05, 4.69) is 38.9 Å². The molecule has 1 aliphatic heterocycles. The summed E-state index contributed by atoms with van der Waals surface area (Å²) in [5, 5.41) is 0.0920. The van der Waals surface area contributed by atoms with Gasteiger partial charge in [0.15, 0.2) is 5.03 Å². The minimum Gasteiger partial charge on any atom is -0.337 e. The molecular weight excluding hydrogens is 324 g/mol. The number of fused-ring (bicyclic) bond motifs is 1. The summed E-state index contributed by atoms with van der Waals surface area (Å²) in [6.45, 7) is 5.08. The predicted molar refractivity (Wildman–Crippen MR) is 93.2 cm³/mol. The van der Waals surface area contributed by atoms with Crippen LogP contribution in [0.15, 0.2) is 35.5 Å². The van der Waals surface area contributed by atoms with Gasteiger partial charge < -0.3 is 4.57 Å². The normalized spacial score (nSPS) is 15.4. The number of aryl methyl sites for hydroxylation is 2. The molecule has 1 N–H and O–H groups in total. The zero-order chi connectivity index (χ0) is 17.2. The second-order valence-corrected chi connectivity index (χ2v) is 8.00. The van der Waals surface area contributed by atoms with E-state index in [1.165, 1.54) is 11.1 Å². The van der Waals surface area contributed by atoms with Gasteiger partial charge >= 0.3 is 0 Å². The van der Waals surface area contributed by atoms with Crippen molar-refractivity contribution >= 4 is 10.0 Å². The van der Waals surface area contributed by atoms with Gasteiger partial charge in [0.2, 0.25) is 0 Å². The van der Waals surface area contributed by atoms with Crippen molar-refractivity contribution in [2.45, 2.75) is 31.3 Å². The molecule has 0 amide bonds. The quantitative estimate of drug-likeness (QED) is 0.803. The van der Waals surface area contributed by atoms with Gasteiger partial charge in [-0.3, -0.25) is 4.90 Å². The Morgan fingerprint density at radius 3 is 2.71 bits per heavy atom. The van der Waals surface area contributed by atoms with Crippen LogP contribution < -0.4 is 4.72 Å². The third kappa shape index (κ3) is 3.85. The van der Waals surface area contributed by atoms with Gasteiger partial charge in [-0.1, -0.05) is 24.3 Å². The number of imidazole rings is 1. The maximum absolute atomic E-state index is 12.2. The van der Waals surface area contributed by atoms with Crippen LogP contribution >= 0.6 is 0 Å². The molecule has 0 aliphatic carbocycles. The monoisotopic (exact) mass is 348 g/mol. The number of aromatic nitrogens is 2. The lowest BCUT2D eigenvalue weighted by molar-refractivity contribution is 0.251. The molecule has 1 aromatic carbocycles. The zero-order valence-corrected chi connectivity index (χ0v) is 15.0. The molecule has 0 saturated carbocycles. The third-order valence-electron chi connectivity index (χ3n) is 4.51. The van der Waals surface area contributed by atoms with Gasteiger partial charge in [0.1, 0.15) is 5.82 Å². The standard InChI is InChI=1S/C17H24N4O2S/c1-14-19-17(13-20(14)2)24(22,23)18-9-5-10-21-11-8-15-6-3-4-7-16(15)12-21/h3-4,6-7,13,18H,5,8-12H2,1-2H3. The van der Waals surface area contributed by atoms with Crippen molar-refractivity contribution in [2.75, 3.05) is 19.6 Å². The summed E-state index contributed by atoms with van der Waals surface area (Å²) in [5.41, 5.74) is 2.81. The van der Waals surface area contributed by atoms with Crippen LogP contribution in [0, 0.1) is 6.92 Å². The molecule has 130 valence electrons. The summed E-state index contributed by atoms with van der Waals surface area (Å²) in [6, 6.07) is 8.52. The topological polar surface area (TPSA) is 67.2 Å². The molecule has 0 saturated heterocycles. The van der Waals surface area contributed by atoms with E-state index in [1.807, 2.05) is 0 Å². The maximum atomic E-state index is 12.2. The van der Waals surface area contributed by atoms with E-state index in [9.17, 15) is 8.42 Å². The summed E-state index contributed by atoms with van der Waals surface area (Å²) in [6.07, 6.45) is 3.39. The lowest BCUT2D eigenvalue weighted by Gasteiger charge is -2.28. The average molecular weight is 348 g/mol. The van der Waals surface area contributed by atoms with Gasteiger partial charge in [-0.15, -0.1) is 0 Å². The van der Waals surface area contributed by atoms with Gasteiger partial charge in [-0.25, -0.2) is 18.1 Å². The number of nitrogens with zero attached hydrogens (tertiary/aromatic N) is 3. The Morgan fingerprint density at radius 2 is 2.00 bits per heavy atom. The van der Waals surface area contributed by atoms with Crippen LogP contribution in [0.5, 0.6) is 0 Å². The second kappa shape index (κ2) is 7.04. The molecule has 0 atom stereocenters. The van der Waals surface area contributed by atoms with Crippen LogP contribution in [0.1, 0.15) is 23.4 Å². The fourth-order valence-corrected chi connectivity index (χ4v) is 4.09. The molecule has 7 heteroatoms. The van der Waals surface area contributed by atoms with E-state index in [-0.39, 0.29) is 5.03 Å². The predicted octanol–water partition coefficient (Wildman–Crippen LogP) is 1.46. The van der Waals surface area contributed by atoms with Gasteiger partial charge in [-0.2, -0.15) is 0 Å². The smallest absolute Gasteiger partial charge is 0.259 e. The molecule has 2 heterocycles. The van der Waals surface area contributed by atoms with E-state index in [4.69, 9.17) is 0 Å². The van der Waals surface area contributed by atoms with E-state index < -0.39 is 10.0 Å². The summed E-state index contributed by atoms with van der Waals surface area (Å²) >= 11 is 0. The Kier molecular flexibility index (Phi) is 5.03. The molecule has 6 nitrogen and oxygen atoms in total. The van der Waals surface area contributed by atoms with E-state index >= 15 is 0 Å². The first-order valence-corrected chi connectivity index (χ1v) is 9.73. The SMILES string of the molecule is Cc1nc(S(=O)(=O)NCCCN2CCc3ccccc3C2)cn1C. The molecule has 0 unspecified atom stereocenters. The molecule has 1 aromatic heterocycles. The fourth-order valence-electron chi connectivity index (χ4n) is 2.98. The second-order valence-electron chi connectivity index (χ2n) is 6.28. The van der Waals surface area contributed by atoms with E-state index in [0.29, 0.717) is 12.4 Å². The van der Waals surface area contributed by atoms with Crippen LogP contribution in [-0.2, 0) is 30.0 Å². The highest BCUT2D eigenvalue weighted by Gasteiger charge is 2.19. The van der Waals surface area contributed by atoms with Crippen molar-refractivity contribution in [1.29, 1.82) is 0 Å². The number of benzene rings is 1. The van der Waals surface area contributed by atoms with Crippen molar-refractivity contribution in [3.8, 4) is 0 Å². The number of hydrogen-bond donors (Lipinski definition) is 1. The van der Waals surface area contributed by atoms with Gasteiger partial charge in [-0.05, 0) is 37.4 Å². The van der Waals surface area contributed by atoms with Crippen molar-refractivity contribution < 1.29 is 8.42 Å². The number of nitrogens with one attached hydrogen (secondary N) is 1. The molecule has 1 aliphatic rings. The molecule has 0 bridgehead atoms. The summed E-state index contributed by atoms with van der Waals surface area (Å²) in [4.78, 5) is 6.45. The highest BCUT2D eigenvalue weighted by molar-refractivity contribution is 7.89. The Hall–Kier alpha value is -1.70. The van der Waals surface area contributed by atoms with Gasteiger partial charge in [0, 0.05) is 32.9 Å². The highest BCUT2D eigenvalue weighted by atomic mass is 32.2. The lowest BCUT2D eigenvalue weighted by atomic mass is 10.00. The number of hydrogen-bond acceptors (Lipinski definition) is 4. The van der Waals surface area contributed by atoms with Gasteiger partial charge in [0.05, 0.1) is 0 Å². The average Bonchev–Trinajstić information content (AvgIpc) is 2.92. The fraction of sp³-hybridized carbons (Fsp3) is 0.471. The highest BCUT2D eigenvalue weighted by Crippen LogP contribution is 2.18. The van der Waals surface area contributed by atoms with Crippen LogP contribution in [0.4, 0.5) is 0 Å². The van der Waals surface area contributed by atoms with Crippen LogP contribution in [-0.4, -0.2) is 42.5 Å². The maximum Gasteiger partial charge on any atom is 0.259 e. The van der Waals surface area contributed by atoms with Crippen molar-refractivity contribution in [1.82, 2.24) is 19.2 Å². The van der Waals surface area contributed by atoms with Crippen LogP contribution in [0.3, 0.4) is 0 Å². The van der Waals surface area contributed by atoms with Crippen molar-refractivity contribution in [3.63, 3.8) is 0 Å². The van der Waals surface area contributed by atoms with Gasteiger partial charge in [0.25, 0.3) is 10.0 Å². The zero-order valence-electron chi connectivity index (χ0n) is 14.2. The van der Waals surface area contributed by atoms with Crippen LogP contribution in [0.25, 0.3) is 0 Å². The minimum atomic E-state index is -3.51. The third-order valence-corrected chi connectivity index (χ3v) is 5.85. The molecule has 24 heavy (non-hydrogen) atoms. The molecule has 0 spiro atoms. The summed E-state index contributed by atoms with van der Waals surface area (Å²) < 4.78 is 28.8.